The van der Waals surface area contributed by atoms with E-state index in [-0.39, 0.29) is 24.4 Å². The molecule has 0 radical (unpaired) electrons. The van der Waals surface area contributed by atoms with Crippen molar-refractivity contribution in [1.82, 2.24) is 19.4 Å². The number of fused-ring (bicyclic) bond motifs is 1. The Morgan fingerprint density at radius 2 is 2.04 bits per heavy atom. The van der Waals surface area contributed by atoms with E-state index < -0.39 is 11.7 Å². The van der Waals surface area contributed by atoms with Gasteiger partial charge >= 0.3 is 6.18 Å². The molecule has 3 heterocycles. The number of alkyl halides is 3. The highest BCUT2D eigenvalue weighted by molar-refractivity contribution is 5.80. The summed E-state index contributed by atoms with van der Waals surface area (Å²) in [5.74, 6) is -0.180. The van der Waals surface area contributed by atoms with Crippen LogP contribution in [-0.4, -0.2) is 44.5 Å². The zero-order valence-corrected chi connectivity index (χ0v) is 14.8. The fraction of sp³-hybridized carbons (Fsp3) is 0.316. The molecule has 0 N–H and O–H groups in total. The molecule has 0 saturated carbocycles. The number of pyridine rings is 1. The number of halogens is 3. The minimum absolute atomic E-state index is 0.0882. The normalized spacial score (nSPS) is 17.2. The Hall–Kier alpha value is -3.10. The number of carbonyl (C=O) groups excluding carboxylic acids is 1. The quantitative estimate of drug-likeness (QED) is 0.687. The van der Waals surface area contributed by atoms with E-state index in [9.17, 15) is 18.0 Å². The summed E-state index contributed by atoms with van der Waals surface area (Å²) in [5, 5.41) is 0. The van der Waals surface area contributed by atoms with Gasteiger partial charge in [0, 0.05) is 25.2 Å². The number of para-hydroxylation sites is 2. The molecule has 0 aliphatic carbocycles. The first kappa shape index (κ1) is 18.3. The van der Waals surface area contributed by atoms with Crippen LogP contribution in [0.2, 0.25) is 0 Å². The monoisotopic (exact) mass is 390 g/mol. The van der Waals surface area contributed by atoms with Gasteiger partial charge in [-0.15, -0.1) is 0 Å². The molecule has 0 bridgehead atoms. The first-order valence-electron chi connectivity index (χ1n) is 8.78. The van der Waals surface area contributed by atoms with Gasteiger partial charge < -0.3 is 14.2 Å². The van der Waals surface area contributed by atoms with Gasteiger partial charge in [-0.25, -0.2) is 9.97 Å². The zero-order chi connectivity index (χ0) is 19.7. The predicted molar refractivity (Wildman–Crippen MR) is 94.6 cm³/mol. The Labute approximate surface area is 158 Å². The maximum absolute atomic E-state index is 12.8. The van der Waals surface area contributed by atoms with Gasteiger partial charge in [-0.05, 0) is 18.2 Å². The lowest BCUT2D eigenvalue weighted by atomic mass is 10.2. The van der Waals surface area contributed by atoms with Gasteiger partial charge in [-0.3, -0.25) is 4.79 Å². The second-order valence-corrected chi connectivity index (χ2v) is 6.61. The van der Waals surface area contributed by atoms with Crippen molar-refractivity contribution < 1.29 is 22.7 Å². The number of amides is 1. The fourth-order valence-corrected chi connectivity index (χ4v) is 3.25. The first-order chi connectivity index (χ1) is 13.4. The maximum Gasteiger partial charge on any atom is 0.416 e. The Bertz CT molecular complexity index is 1000. The van der Waals surface area contributed by atoms with Gasteiger partial charge in [-0.1, -0.05) is 12.1 Å². The Morgan fingerprint density at radius 3 is 2.86 bits per heavy atom. The molecule has 0 unspecified atom stereocenters. The second-order valence-electron chi connectivity index (χ2n) is 6.61. The lowest BCUT2D eigenvalue weighted by molar-refractivity contribution is -0.137. The van der Waals surface area contributed by atoms with Crippen molar-refractivity contribution in [1.29, 1.82) is 0 Å². The number of nitrogens with zero attached hydrogens (tertiary/aromatic N) is 4. The Balaban J connectivity index is 1.38. The molecule has 1 atom stereocenters. The summed E-state index contributed by atoms with van der Waals surface area (Å²) >= 11 is 0. The van der Waals surface area contributed by atoms with Crippen LogP contribution in [0.3, 0.4) is 0 Å². The molecule has 1 saturated heterocycles. The van der Waals surface area contributed by atoms with Crippen molar-refractivity contribution in [3.63, 3.8) is 0 Å². The number of hydrogen-bond acceptors (Lipinski definition) is 4. The van der Waals surface area contributed by atoms with Crippen molar-refractivity contribution in [2.75, 3.05) is 13.1 Å². The number of imidazole rings is 1. The lowest BCUT2D eigenvalue weighted by Crippen LogP contribution is -2.33. The molecule has 1 aliphatic rings. The van der Waals surface area contributed by atoms with Crippen LogP contribution in [0.5, 0.6) is 5.88 Å². The van der Waals surface area contributed by atoms with Crippen LogP contribution in [0.4, 0.5) is 13.2 Å². The highest BCUT2D eigenvalue weighted by atomic mass is 19.4. The van der Waals surface area contributed by atoms with Gasteiger partial charge in [0.25, 0.3) is 0 Å². The van der Waals surface area contributed by atoms with Gasteiger partial charge in [0.15, 0.2) is 0 Å². The summed E-state index contributed by atoms with van der Waals surface area (Å²) in [6, 6.07) is 9.30. The van der Waals surface area contributed by atoms with E-state index in [0.29, 0.717) is 19.5 Å². The summed E-state index contributed by atoms with van der Waals surface area (Å²) in [7, 11) is 0. The van der Waals surface area contributed by atoms with Crippen molar-refractivity contribution in [2.24, 2.45) is 0 Å². The van der Waals surface area contributed by atoms with Gasteiger partial charge in [0.2, 0.25) is 11.8 Å². The highest BCUT2D eigenvalue weighted by Crippen LogP contribution is 2.31. The van der Waals surface area contributed by atoms with Crippen molar-refractivity contribution in [2.45, 2.75) is 25.2 Å². The molecular weight excluding hydrogens is 373 g/mol. The minimum Gasteiger partial charge on any atom is -0.472 e. The van der Waals surface area contributed by atoms with E-state index >= 15 is 0 Å². The number of aromatic nitrogens is 3. The average molecular weight is 390 g/mol. The molecule has 28 heavy (non-hydrogen) atoms. The molecule has 1 amide bonds. The van der Waals surface area contributed by atoms with Crippen molar-refractivity contribution >= 4 is 16.9 Å². The average Bonchev–Trinajstić information content (AvgIpc) is 3.29. The zero-order valence-electron chi connectivity index (χ0n) is 14.8. The molecule has 3 aromatic rings. The summed E-state index contributed by atoms with van der Waals surface area (Å²) in [5.41, 5.74) is 0.875. The van der Waals surface area contributed by atoms with Gasteiger partial charge in [0.1, 0.15) is 12.6 Å². The van der Waals surface area contributed by atoms with E-state index in [1.807, 2.05) is 24.3 Å². The molecule has 6 nitrogen and oxygen atoms in total. The lowest BCUT2D eigenvalue weighted by Gasteiger charge is -2.18. The standard InChI is InChI=1S/C19H17F3N4O2/c20-19(21,22)13-5-7-23-17(9-13)28-14-6-8-25(10-14)18(27)11-26-12-24-15-3-1-2-4-16(15)26/h1-5,7,9,12,14H,6,8,10-11H2/t14-/m1/s1. The number of carbonyl (C=O) groups is 1. The number of likely N-dealkylation sites (tertiary alicyclic amines) is 1. The predicted octanol–water partition coefficient (Wildman–Crippen LogP) is 3.13. The third kappa shape index (κ3) is 3.78. The van der Waals surface area contributed by atoms with Gasteiger partial charge in [-0.2, -0.15) is 13.2 Å². The molecular formula is C19H17F3N4O2. The minimum atomic E-state index is -4.45. The topological polar surface area (TPSA) is 60.2 Å². The van der Waals surface area contributed by atoms with Crippen LogP contribution in [0.25, 0.3) is 11.0 Å². The number of hydrogen-bond donors (Lipinski definition) is 0. The summed E-state index contributed by atoms with van der Waals surface area (Å²) < 4.78 is 45.7. The second kappa shape index (κ2) is 7.14. The largest absolute Gasteiger partial charge is 0.472 e. The molecule has 146 valence electrons. The molecule has 2 aromatic heterocycles. The van der Waals surface area contributed by atoms with Crippen LogP contribution >= 0.6 is 0 Å². The van der Waals surface area contributed by atoms with E-state index in [4.69, 9.17) is 4.74 Å². The first-order valence-corrected chi connectivity index (χ1v) is 8.78. The molecule has 1 fully saturated rings. The van der Waals surface area contributed by atoms with E-state index in [1.54, 1.807) is 15.8 Å². The third-order valence-electron chi connectivity index (χ3n) is 4.68. The number of benzene rings is 1. The Morgan fingerprint density at radius 1 is 1.21 bits per heavy atom. The van der Waals surface area contributed by atoms with E-state index in [0.717, 1.165) is 29.4 Å². The van der Waals surface area contributed by atoms with Crippen LogP contribution in [0.15, 0.2) is 48.9 Å². The number of ether oxygens (including phenoxy) is 1. The molecule has 1 aliphatic heterocycles. The SMILES string of the molecule is O=C(Cn1cnc2ccccc21)N1CC[C@@H](Oc2cc(C(F)(F)F)ccn2)C1. The molecule has 4 rings (SSSR count). The van der Waals surface area contributed by atoms with Gasteiger partial charge in [0.05, 0.1) is 29.5 Å². The van der Waals surface area contributed by atoms with Crippen LogP contribution in [0, 0.1) is 0 Å². The summed E-state index contributed by atoms with van der Waals surface area (Å²) in [4.78, 5) is 22.4. The smallest absolute Gasteiger partial charge is 0.416 e. The van der Waals surface area contributed by atoms with Crippen LogP contribution < -0.4 is 4.74 Å². The molecule has 9 heteroatoms. The maximum atomic E-state index is 12.8. The summed E-state index contributed by atoms with van der Waals surface area (Å²) in [6.45, 7) is 0.938. The number of rotatable bonds is 4. The van der Waals surface area contributed by atoms with Crippen LogP contribution in [0.1, 0.15) is 12.0 Å². The van der Waals surface area contributed by atoms with Crippen LogP contribution in [-0.2, 0) is 17.5 Å². The summed E-state index contributed by atoms with van der Waals surface area (Å²) in [6.07, 6.45) is -1.61. The van der Waals surface area contributed by atoms with Crippen molar-refractivity contribution in [3.05, 3.63) is 54.5 Å². The fourth-order valence-electron chi connectivity index (χ4n) is 3.25. The Kier molecular flexibility index (Phi) is 4.66. The van der Waals surface area contributed by atoms with E-state index in [2.05, 4.69) is 9.97 Å². The van der Waals surface area contributed by atoms with Crippen molar-refractivity contribution in [3.8, 4) is 5.88 Å². The molecule has 0 spiro atoms. The molecule has 1 aromatic carbocycles. The van der Waals surface area contributed by atoms with E-state index in [1.165, 1.54) is 0 Å². The highest BCUT2D eigenvalue weighted by Gasteiger charge is 2.32. The third-order valence-corrected chi connectivity index (χ3v) is 4.68.